The number of nitrogens with zero attached hydrogens (tertiary/aromatic N) is 2. The van der Waals surface area contributed by atoms with Gasteiger partial charge in [-0.2, -0.15) is 0 Å². The van der Waals surface area contributed by atoms with Crippen LogP contribution >= 0.6 is 0 Å². The molecular weight excluding hydrogens is 392 g/mol. The summed E-state index contributed by atoms with van der Waals surface area (Å²) in [4.78, 5) is 19.2. The fourth-order valence-corrected chi connectivity index (χ4v) is 3.16. The molecular formula is C24H28N4O3. The van der Waals surface area contributed by atoms with E-state index in [-0.39, 0.29) is 11.6 Å². The molecule has 0 aliphatic rings. The molecule has 2 aromatic carbocycles. The van der Waals surface area contributed by atoms with E-state index in [1.54, 1.807) is 7.11 Å². The first kappa shape index (κ1) is 22.1. The number of hydrogen-bond donors (Lipinski definition) is 2. The molecule has 0 unspecified atom stereocenters. The number of primary amides is 1. The number of unbranched alkanes of at least 4 members (excludes halogenated alkanes) is 2. The van der Waals surface area contributed by atoms with Gasteiger partial charge in [0, 0.05) is 12.1 Å². The molecule has 0 saturated heterocycles. The van der Waals surface area contributed by atoms with E-state index in [9.17, 15) is 4.79 Å². The van der Waals surface area contributed by atoms with Gasteiger partial charge in [0.15, 0.2) is 0 Å². The molecule has 3 N–H and O–H groups in total. The van der Waals surface area contributed by atoms with E-state index in [1.165, 1.54) is 37.2 Å². The minimum Gasteiger partial charge on any atom is -0.495 e. The minimum atomic E-state index is -0.631. The highest BCUT2D eigenvalue weighted by molar-refractivity contribution is 5.90. The van der Waals surface area contributed by atoms with Crippen LogP contribution in [0.2, 0.25) is 0 Å². The number of methoxy groups -OCH3 is 1. The SMILES string of the molecule is CCCCCc1ccc(NCc2ccccc2Oc2cnc(C(N)=O)cn2)c(OC)c1. The maximum absolute atomic E-state index is 11.1. The number of hydrogen-bond acceptors (Lipinski definition) is 6. The molecule has 0 bridgehead atoms. The molecule has 7 nitrogen and oxygen atoms in total. The summed E-state index contributed by atoms with van der Waals surface area (Å²) >= 11 is 0. The highest BCUT2D eigenvalue weighted by Crippen LogP contribution is 2.29. The molecule has 3 aromatic rings. The number of rotatable bonds is 11. The number of aryl methyl sites for hydroxylation is 1. The predicted octanol–water partition coefficient (Wildman–Crippen LogP) is 4.72. The first-order valence-corrected chi connectivity index (χ1v) is 10.4. The number of nitrogens with one attached hydrogen (secondary N) is 1. The van der Waals surface area contributed by atoms with Crippen LogP contribution in [0, 0.1) is 0 Å². The first-order chi connectivity index (χ1) is 15.1. The van der Waals surface area contributed by atoms with Crippen LogP contribution in [0.15, 0.2) is 54.9 Å². The Morgan fingerprint density at radius 3 is 2.61 bits per heavy atom. The van der Waals surface area contributed by atoms with Crippen molar-refractivity contribution in [2.45, 2.75) is 39.2 Å². The molecule has 1 amide bonds. The predicted molar refractivity (Wildman–Crippen MR) is 121 cm³/mol. The van der Waals surface area contributed by atoms with Gasteiger partial charge in [-0.1, -0.05) is 44.0 Å². The van der Waals surface area contributed by atoms with Gasteiger partial charge >= 0.3 is 0 Å². The molecule has 3 rings (SSSR count). The number of para-hydroxylation sites is 1. The molecule has 7 heteroatoms. The summed E-state index contributed by atoms with van der Waals surface area (Å²) in [7, 11) is 1.68. The van der Waals surface area contributed by atoms with Crippen molar-refractivity contribution in [2.24, 2.45) is 5.73 Å². The Kier molecular flexibility index (Phi) is 7.81. The van der Waals surface area contributed by atoms with Crippen LogP contribution in [-0.4, -0.2) is 23.0 Å². The molecule has 0 aliphatic heterocycles. The Labute approximate surface area is 182 Å². The molecule has 0 spiro atoms. The fourth-order valence-electron chi connectivity index (χ4n) is 3.16. The van der Waals surface area contributed by atoms with E-state index in [0.717, 1.165) is 23.4 Å². The second-order valence-corrected chi connectivity index (χ2v) is 7.16. The number of carbonyl (C=O) groups excluding carboxylic acids is 1. The van der Waals surface area contributed by atoms with Gasteiger partial charge in [-0.25, -0.2) is 9.97 Å². The number of aromatic nitrogens is 2. The average Bonchev–Trinajstić information content (AvgIpc) is 2.79. The number of anilines is 1. The summed E-state index contributed by atoms with van der Waals surface area (Å²) in [5.74, 6) is 1.12. The van der Waals surface area contributed by atoms with Crippen molar-refractivity contribution < 1.29 is 14.3 Å². The summed E-state index contributed by atoms with van der Waals surface area (Å²) in [6.07, 6.45) is 7.35. The van der Waals surface area contributed by atoms with E-state index < -0.39 is 5.91 Å². The van der Waals surface area contributed by atoms with Gasteiger partial charge in [0.25, 0.3) is 5.91 Å². The average molecular weight is 421 g/mol. The van der Waals surface area contributed by atoms with Gasteiger partial charge < -0.3 is 20.5 Å². The summed E-state index contributed by atoms with van der Waals surface area (Å²) in [5.41, 5.74) is 8.42. The highest BCUT2D eigenvalue weighted by atomic mass is 16.5. The lowest BCUT2D eigenvalue weighted by Gasteiger charge is -2.15. The Balaban J connectivity index is 1.69. The lowest BCUT2D eigenvalue weighted by atomic mass is 10.1. The van der Waals surface area contributed by atoms with Crippen LogP contribution in [-0.2, 0) is 13.0 Å². The molecule has 0 atom stereocenters. The number of nitrogens with two attached hydrogens (primary N) is 1. The van der Waals surface area contributed by atoms with Crippen molar-refractivity contribution in [3.05, 3.63) is 71.7 Å². The van der Waals surface area contributed by atoms with Gasteiger partial charge in [0.05, 0.1) is 25.2 Å². The van der Waals surface area contributed by atoms with Gasteiger partial charge in [-0.15, -0.1) is 0 Å². The Hall–Kier alpha value is -3.61. The Morgan fingerprint density at radius 1 is 1.06 bits per heavy atom. The van der Waals surface area contributed by atoms with Crippen LogP contribution in [0.4, 0.5) is 5.69 Å². The van der Waals surface area contributed by atoms with Crippen LogP contribution in [0.5, 0.6) is 17.4 Å². The summed E-state index contributed by atoms with van der Waals surface area (Å²) < 4.78 is 11.5. The van der Waals surface area contributed by atoms with Crippen LogP contribution < -0.4 is 20.5 Å². The van der Waals surface area contributed by atoms with Crippen LogP contribution in [0.1, 0.15) is 47.8 Å². The molecule has 1 aromatic heterocycles. The lowest BCUT2D eigenvalue weighted by molar-refractivity contribution is 0.0995. The van der Waals surface area contributed by atoms with Gasteiger partial charge in [-0.05, 0) is 36.6 Å². The summed E-state index contributed by atoms with van der Waals surface area (Å²) in [5, 5.41) is 3.42. The third kappa shape index (κ3) is 6.18. The van der Waals surface area contributed by atoms with Crippen molar-refractivity contribution in [1.29, 1.82) is 0 Å². The molecule has 1 heterocycles. The summed E-state index contributed by atoms with van der Waals surface area (Å²) in [6, 6.07) is 13.9. The van der Waals surface area contributed by atoms with E-state index >= 15 is 0 Å². The monoisotopic (exact) mass is 420 g/mol. The number of benzene rings is 2. The molecule has 0 fully saturated rings. The van der Waals surface area contributed by atoms with Gasteiger partial charge in [-0.3, -0.25) is 4.79 Å². The summed E-state index contributed by atoms with van der Waals surface area (Å²) in [6.45, 7) is 2.74. The standard InChI is InChI=1S/C24H28N4O3/c1-3-4-5-8-17-11-12-19(22(13-17)30-2)26-14-18-9-6-7-10-21(18)31-23-16-27-20(15-28-23)24(25)29/h6-7,9-13,15-16,26H,3-5,8,14H2,1-2H3,(H2,25,29). The largest absolute Gasteiger partial charge is 0.495 e. The zero-order chi connectivity index (χ0) is 22.1. The lowest BCUT2D eigenvalue weighted by Crippen LogP contribution is -2.13. The Bertz CT molecular complexity index is 1010. The minimum absolute atomic E-state index is 0.0903. The number of carbonyl (C=O) groups is 1. The normalized spacial score (nSPS) is 10.5. The van der Waals surface area contributed by atoms with Crippen molar-refractivity contribution >= 4 is 11.6 Å². The zero-order valence-electron chi connectivity index (χ0n) is 17.9. The maximum Gasteiger partial charge on any atom is 0.268 e. The number of amides is 1. The fraction of sp³-hybridized carbons (Fsp3) is 0.292. The van der Waals surface area contributed by atoms with Gasteiger partial charge in [0.1, 0.15) is 17.2 Å². The molecule has 0 radical (unpaired) electrons. The number of ether oxygens (including phenoxy) is 2. The highest BCUT2D eigenvalue weighted by Gasteiger charge is 2.10. The second kappa shape index (κ2) is 11.0. The molecule has 0 aliphatic carbocycles. The van der Waals surface area contributed by atoms with E-state index in [2.05, 4.69) is 40.4 Å². The topological polar surface area (TPSA) is 99.4 Å². The Morgan fingerprint density at radius 2 is 1.90 bits per heavy atom. The van der Waals surface area contributed by atoms with E-state index in [4.69, 9.17) is 15.2 Å². The van der Waals surface area contributed by atoms with E-state index in [0.29, 0.717) is 12.3 Å². The van der Waals surface area contributed by atoms with Crippen molar-refractivity contribution in [3.63, 3.8) is 0 Å². The second-order valence-electron chi connectivity index (χ2n) is 7.16. The zero-order valence-corrected chi connectivity index (χ0v) is 17.9. The maximum atomic E-state index is 11.1. The molecule has 162 valence electrons. The van der Waals surface area contributed by atoms with Crippen molar-refractivity contribution in [2.75, 3.05) is 12.4 Å². The molecule has 31 heavy (non-hydrogen) atoms. The third-order valence-electron chi connectivity index (χ3n) is 4.87. The smallest absolute Gasteiger partial charge is 0.268 e. The quantitative estimate of drug-likeness (QED) is 0.435. The van der Waals surface area contributed by atoms with E-state index in [1.807, 2.05) is 24.3 Å². The van der Waals surface area contributed by atoms with Crippen molar-refractivity contribution in [3.8, 4) is 17.4 Å². The third-order valence-corrected chi connectivity index (χ3v) is 4.87. The van der Waals surface area contributed by atoms with Gasteiger partial charge in [0.2, 0.25) is 5.88 Å². The first-order valence-electron chi connectivity index (χ1n) is 10.4. The van der Waals surface area contributed by atoms with Crippen molar-refractivity contribution in [1.82, 2.24) is 9.97 Å². The van der Waals surface area contributed by atoms with Crippen LogP contribution in [0.25, 0.3) is 0 Å². The van der Waals surface area contributed by atoms with Crippen LogP contribution in [0.3, 0.4) is 0 Å². The molecule has 0 saturated carbocycles.